The third kappa shape index (κ3) is 2.65. The maximum absolute atomic E-state index is 13.2. The number of carbonyl (C=O) groups is 1. The van der Waals surface area contributed by atoms with Crippen molar-refractivity contribution in [2.75, 3.05) is 35.0 Å². The van der Waals surface area contributed by atoms with E-state index in [1.54, 1.807) is 45.5 Å². The fourth-order valence-corrected chi connectivity index (χ4v) is 4.16. The van der Waals surface area contributed by atoms with Gasteiger partial charge in [-0.1, -0.05) is 0 Å². The van der Waals surface area contributed by atoms with Crippen LogP contribution >= 0.6 is 0 Å². The van der Waals surface area contributed by atoms with Gasteiger partial charge in [-0.3, -0.25) is 4.79 Å². The number of fused-ring (bicyclic) bond motifs is 4. The third-order valence-corrected chi connectivity index (χ3v) is 5.57. The van der Waals surface area contributed by atoms with Crippen LogP contribution in [0, 0.1) is 0 Å². The van der Waals surface area contributed by atoms with Crippen LogP contribution in [0.1, 0.15) is 39.2 Å². The second-order valence-corrected chi connectivity index (χ2v) is 6.89. The van der Waals surface area contributed by atoms with Gasteiger partial charge in [0.1, 0.15) is 0 Å². The van der Waals surface area contributed by atoms with Gasteiger partial charge in [0.15, 0.2) is 23.0 Å². The first-order valence-electron chi connectivity index (χ1n) is 9.02. The molecule has 0 aromatic heterocycles. The number of benzene rings is 2. The average Bonchev–Trinajstić information content (AvgIpc) is 2.73. The SMILES string of the molecule is COc1cc2c(cc1OC)C(=O)N1C[C@@H](O)c3cc(OC)c(OC)cc3[C@@H]1C2. The standard InChI is InChI=1S/C21H23NO6/c1-25-17-6-11-5-15-13-8-19(27-3)20(28-4)9-14(13)16(23)10-22(15)21(24)12(11)7-18(17)26-2/h6-9,15-16,23H,5,10H2,1-4H3/t15-,16+/m0/s1. The van der Waals surface area contributed by atoms with Gasteiger partial charge >= 0.3 is 0 Å². The highest BCUT2D eigenvalue weighted by Crippen LogP contribution is 2.46. The van der Waals surface area contributed by atoms with Crippen LogP contribution in [0.4, 0.5) is 0 Å². The summed E-state index contributed by atoms with van der Waals surface area (Å²) in [5.74, 6) is 2.10. The van der Waals surface area contributed by atoms with Gasteiger partial charge in [-0.25, -0.2) is 0 Å². The van der Waals surface area contributed by atoms with E-state index in [2.05, 4.69) is 0 Å². The van der Waals surface area contributed by atoms with E-state index in [0.717, 1.165) is 16.7 Å². The quantitative estimate of drug-likeness (QED) is 0.872. The highest BCUT2D eigenvalue weighted by atomic mass is 16.5. The Labute approximate surface area is 163 Å². The van der Waals surface area contributed by atoms with Gasteiger partial charge in [-0.2, -0.15) is 0 Å². The van der Waals surface area contributed by atoms with Gasteiger partial charge in [-0.05, 0) is 47.4 Å². The number of rotatable bonds is 4. The molecule has 1 N–H and O–H groups in total. The maximum atomic E-state index is 13.2. The monoisotopic (exact) mass is 385 g/mol. The molecule has 7 heteroatoms. The number of ether oxygens (including phenoxy) is 4. The highest BCUT2D eigenvalue weighted by molar-refractivity contribution is 5.98. The second-order valence-electron chi connectivity index (χ2n) is 6.89. The first-order chi connectivity index (χ1) is 13.5. The molecule has 148 valence electrons. The molecular weight excluding hydrogens is 362 g/mol. The Morgan fingerprint density at radius 2 is 1.39 bits per heavy atom. The van der Waals surface area contributed by atoms with Crippen molar-refractivity contribution in [1.82, 2.24) is 4.90 Å². The highest BCUT2D eigenvalue weighted by Gasteiger charge is 2.41. The lowest BCUT2D eigenvalue weighted by atomic mass is 9.82. The maximum Gasteiger partial charge on any atom is 0.254 e. The number of nitrogens with zero attached hydrogens (tertiary/aromatic N) is 1. The van der Waals surface area contributed by atoms with E-state index >= 15 is 0 Å². The normalized spacial score (nSPS) is 20.0. The van der Waals surface area contributed by atoms with Crippen LogP contribution in [0.25, 0.3) is 0 Å². The molecule has 0 saturated carbocycles. The lowest BCUT2D eigenvalue weighted by Crippen LogP contribution is -2.46. The van der Waals surface area contributed by atoms with Crippen LogP contribution < -0.4 is 18.9 Å². The van der Waals surface area contributed by atoms with Crippen LogP contribution in [0.5, 0.6) is 23.0 Å². The summed E-state index contributed by atoms with van der Waals surface area (Å²) in [5.41, 5.74) is 3.09. The van der Waals surface area contributed by atoms with Gasteiger partial charge in [0, 0.05) is 5.56 Å². The minimum Gasteiger partial charge on any atom is -0.493 e. The molecule has 0 radical (unpaired) electrons. The second kappa shape index (κ2) is 6.91. The zero-order valence-electron chi connectivity index (χ0n) is 16.3. The molecule has 0 spiro atoms. The summed E-state index contributed by atoms with van der Waals surface area (Å²) in [5, 5.41) is 10.7. The molecule has 2 aliphatic rings. The van der Waals surface area contributed by atoms with Crippen LogP contribution in [0.2, 0.25) is 0 Å². The smallest absolute Gasteiger partial charge is 0.254 e. The summed E-state index contributed by atoms with van der Waals surface area (Å²) in [6.07, 6.45) is -0.187. The van der Waals surface area contributed by atoms with Crippen molar-refractivity contribution in [3.8, 4) is 23.0 Å². The summed E-state index contributed by atoms with van der Waals surface area (Å²) in [4.78, 5) is 14.9. The van der Waals surface area contributed by atoms with Crippen molar-refractivity contribution in [1.29, 1.82) is 0 Å². The lowest BCUT2D eigenvalue weighted by molar-refractivity contribution is 0.0393. The molecule has 0 saturated heterocycles. The summed E-state index contributed by atoms with van der Waals surface area (Å²) < 4.78 is 21.6. The van der Waals surface area contributed by atoms with E-state index in [-0.39, 0.29) is 18.5 Å². The Balaban J connectivity index is 1.85. The Hall–Kier alpha value is -2.93. The van der Waals surface area contributed by atoms with E-state index in [9.17, 15) is 9.90 Å². The Morgan fingerprint density at radius 1 is 0.857 bits per heavy atom. The summed E-state index contributed by atoms with van der Waals surface area (Å²) in [6.45, 7) is 0.222. The predicted molar refractivity (Wildman–Crippen MR) is 102 cm³/mol. The van der Waals surface area contributed by atoms with Crippen molar-refractivity contribution in [3.63, 3.8) is 0 Å². The fraction of sp³-hybridized carbons (Fsp3) is 0.381. The largest absolute Gasteiger partial charge is 0.493 e. The Kier molecular flexibility index (Phi) is 4.55. The molecule has 2 aliphatic heterocycles. The van der Waals surface area contributed by atoms with E-state index in [1.807, 2.05) is 12.1 Å². The molecule has 0 unspecified atom stereocenters. The number of hydrogen-bond acceptors (Lipinski definition) is 6. The van der Waals surface area contributed by atoms with E-state index in [0.29, 0.717) is 35.0 Å². The molecule has 7 nitrogen and oxygen atoms in total. The van der Waals surface area contributed by atoms with Crippen molar-refractivity contribution < 1.29 is 28.8 Å². The predicted octanol–water partition coefficient (Wildman–Crippen LogP) is 2.51. The van der Waals surface area contributed by atoms with Gasteiger partial charge < -0.3 is 29.0 Å². The molecule has 2 heterocycles. The van der Waals surface area contributed by atoms with Crippen LogP contribution in [0.15, 0.2) is 24.3 Å². The first kappa shape index (κ1) is 18.4. The molecule has 2 aromatic rings. The minimum absolute atomic E-state index is 0.133. The van der Waals surface area contributed by atoms with E-state index in [4.69, 9.17) is 18.9 Å². The molecule has 0 aliphatic carbocycles. The lowest BCUT2D eigenvalue weighted by Gasteiger charge is -2.43. The zero-order chi connectivity index (χ0) is 20.0. The third-order valence-electron chi connectivity index (χ3n) is 5.57. The fourth-order valence-electron chi connectivity index (χ4n) is 4.16. The van der Waals surface area contributed by atoms with Gasteiger partial charge in [0.25, 0.3) is 5.91 Å². The van der Waals surface area contributed by atoms with E-state index < -0.39 is 6.10 Å². The number of carbonyl (C=O) groups excluding carboxylic acids is 1. The number of aliphatic hydroxyl groups excluding tert-OH is 1. The van der Waals surface area contributed by atoms with Crippen molar-refractivity contribution >= 4 is 5.91 Å². The topological polar surface area (TPSA) is 77.5 Å². The van der Waals surface area contributed by atoms with Crippen LogP contribution in [0.3, 0.4) is 0 Å². The Bertz CT molecular complexity index is 941. The van der Waals surface area contributed by atoms with Crippen LogP contribution in [-0.4, -0.2) is 50.9 Å². The van der Waals surface area contributed by atoms with Gasteiger partial charge in [0.05, 0.1) is 47.1 Å². The van der Waals surface area contributed by atoms with Crippen molar-refractivity contribution in [2.24, 2.45) is 0 Å². The number of aliphatic hydroxyl groups is 1. The molecular formula is C21H23NO6. The first-order valence-corrected chi connectivity index (χ1v) is 9.02. The molecule has 0 fully saturated rings. The van der Waals surface area contributed by atoms with Crippen molar-refractivity contribution in [2.45, 2.75) is 18.6 Å². The molecule has 4 rings (SSSR count). The number of methoxy groups -OCH3 is 4. The van der Waals surface area contributed by atoms with Gasteiger partial charge in [-0.15, -0.1) is 0 Å². The van der Waals surface area contributed by atoms with Gasteiger partial charge in [0.2, 0.25) is 0 Å². The minimum atomic E-state index is -0.795. The summed E-state index contributed by atoms with van der Waals surface area (Å²) >= 11 is 0. The summed E-state index contributed by atoms with van der Waals surface area (Å²) in [7, 11) is 6.25. The molecule has 28 heavy (non-hydrogen) atoms. The van der Waals surface area contributed by atoms with Crippen molar-refractivity contribution in [3.05, 3.63) is 46.5 Å². The molecule has 0 bridgehead atoms. The Morgan fingerprint density at radius 3 is 2.00 bits per heavy atom. The molecule has 1 amide bonds. The van der Waals surface area contributed by atoms with E-state index in [1.165, 1.54) is 0 Å². The molecule has 2 atom stereocenters. The summed E-state index contributed by atoms with van der Waals surface area (Å²) in [6, 6.07) is 7.02. The number of amides is 1. The average molecular weight is 385 g/mol. The van der Waals surface area contributed by atoms with Crippen LogP contribution in [-0.2, 0) is 6.42 Å². The zero-order valence-corrected chi connectivity index (χ0v) is 16.3. The number of hydrogen-bond donors (Lipinski definition) is 1. The molecule has 2 aromatic carbocycles.